The third-order valence-corrected chi connectivity index (χ3v) is 9.43. The van der Waals surface area contributed by atoms with E-state index in [1.807, 2.05) is 0 Å². The second-order valence-electron chi connectivity index (χ2n) is 11.8. The molecule has 33 heavy (non-hydrogen) atoms. The molecule has 0 amide bonds. The van der Waals surface area contributed by atoms with Crippen LogP contribution >= 0.6 is 0 Å². The fourth-order valence-corrected chi connectivity index (χ4v) is 7.14. The van der Waals surface area contributed by atoms with E-state index in [1.165, 1.54) is 38.2 Å². The van der Waals surface area contributed by atoms with Crippen molar-refractivity contribution in [1.82, 2.24) is 0 Å². The zero-order valence-electron chi connectivity index (χ0n) is 20.7. The second-order valence-corrected chi connectivity index (χ2v) is 11.8. The standard InChI is InChI=1S/C27H42O6/c1-6-25(3)12-13-27(5)18(14-25)9-10-19-20(27)8-7-11-26(19,4)16-31-24-23(32-17(2)29)22(30)21(15-28)33-24/h6,10,18,20-24,28,30H,1,7-9,11-16H2,2-5H3/t18-,20-,21-,22-,23+,24+,25-,26+,27-/m0/s1. The monoisotopic (exact) mass is 462 g/mol. The second kappa shape index (κ2) is 9.10. The Morgan fingerprint density at radius 3 is 2.73 bits per heavy atom. The van der Waals surface area contributed by atoms with E-state index in [-0.39, 0.29) is 17.4 Å². The summed E-state index contributed by atoms with van der Waals surface area (Å²) in [5.74, 6) is 0.729. The van der Waals surface area contributed by atoms with Crippen LogP contribution < -0.4 is 0 Å². The number of carbonyl (C=O) groups is 1. The fraction of sp³-hybridized carbons (Fsp3) is 0.815. The van der Waals surface area contributed by atoms with Crippen LogP contribution in [0.1, 0.15) is 72.6 Å². The van der Waals surface area contributed by atoms with Crippen LogP contribution in [0.3, 0.4) is 0 Å². The van der Waals surface area contributed by atoms with E-state index in [2.05, 4.69) is 39.5 Å². The van der Waals surface area contributed by atoms with Crippen molar-refractivity contribution in [2.24, 2.45) is 28.1 Å². The first-order valence-electron chi connectivity index (χ1n) is 12.6. The Balaban J connectivity index is 1.51. The fourth-order valence-electron chi connectivity index (χ4n) is 7.14. The highest BCUT2D eigenvalue weighted by Gasteiger charge is 2.54. The molecule has 186 valence electrons. The molecule has 2 saturated carbocycles. The number of hydrogen-bond acceptors (Lipinski definition) is 6. The molecule has 4 rings (SSSR count). The highest BCUT2D eigenvalue weighted by molar-refractivity contribution is 5.66. The van der Waals surface area contributed by atoms with Crippen molar-refractivity contribution in [2.45, 2.75) is 97.2 Å². The van der Waals surface area contributed by atoms with Gasteiger partial charge in [-0.15, -0.1) is 6.58 Å². The van der Waals surface area contributed by atoms with Gasteiger partial charge in [0.25, 0.3) is 0 Å². The summed E-state index contributed by atoms with van der Waals surface area (Å²) in [5, 5.41) is 19.9. The van der Waals surface area contributed by atoms with Crippen molar-refractivity contribution in [2.75, 3.05) is 13.2 Å². The lowest BCUT2D eigenvalue weighted by molar-refractivity contribution is -0.197. The van der Waals surface area contributed by atoms with E-state index in [0.29, 0.717) is 23.9 Å². The summed E-state index contributed by atoms with van der Waals surface area (Å²) in [7, 11) is 0. The van der Waals surface area contributed by atoms with E-state index in [1.54, 1.807) is 0 Å². The first-order valence-corrected chi connectivity index (χ1v) is 12.6. The Bertz CT molecular complexity index is 793. The van der Waals surface area contributed by atoms with Crippen molar-refractivity contribution in [3.63, 3.8) is 0 Å². The number of carbonyl (C=O) groups excluding carboxylic acids is 1. The van der Waals surface area contributed by atoms with Gasteiger partial charge in [-0.1, -0.05) is 44.9 Å². The largest absolute Gasteiger partial charge is 0.454 e. The third kappa shape index (κ3) is 4.44. The Morgan fingerprint density at radius 2 is 2.06 bits per heavy atom. The summed E-state index contributed by atoms with van der Waals surface area (Å²) in [6, 6.07) is 0. The number of allylic oxidation sites excluding steroid dienone is 2. The van der Waals surface area contributed by atoms with Crippen LogP contribution in [-0.4, -0.2) is 54.0 Å². The van der Waals surface area contributed by atoms with Gasteiger partial charge in [-0.05, 0) is 61.2 Å². The van der Waals surface area contributed by atoms with E-state index < -0.39 is 30.6 Å². The van der Waals surface area contributed by atoms with Crippen LogP contribution in [0.2, 0.25) is 0 Å². The number of esters is 1. The van der Waals surface area contributed by atoms with Gasteiger partial charge in [0.1, 0.15) is 12.2 Å². The summed E-state index contributed by atoms with van der Waals surface area (Å²) in [6.07, 6.45) is 9.06. The summed E-state index contributed by atoms with van der Waals surface area (Å²) < 4.78 is 17.2. The molecule has 0 aromatic carbocycles. The quantitative estimate of drug-likeness (QED) is 0.456. The van der Waals surface area contributed by atoms with Gasteiger partial charge in [-0.25, -0.2) is 0 Å². The number of aliphatic hydroxyl groups is 2. The molecule has 3 fully saturated rings. The van der Waals surface area contributed by atoms with Crippen molar-refractivity contribution in [1.29, 1.82) is 0 Å². The maximum absolute atomic E-state index is 11.6. The molecular formula is C27H42O6. The van der Waals surface area contributed by atoms with Crippen LogP contribution in [0.4, 0.5) is 0 Å². The molecule has 0 radical (unpaired) electrons. The van der Waals surface area contributed by atoms with Crippen molar-refractivity contribution in [3.05, 3.63) is 24.3 Å². The molecule has 1 saturated heterocycles. The first-order chi connectivity index (χ1) is 15.5. The highest BCUT2D eigenvalue weighted by atomic mass is 16.7. The third-order valence-electron chi connectivity index (χ3n) is 9.43. The number of hydrogen-bond donors (Lipinski definition) is 2. The number of aliphatic hydroxyl groups excluding tert-OH is 2. The molecule has 9 atom stereocenters. The predicted octanol–water partition coefficient (Wildman–Crippen LogP) is 4.15. The van der Waals surface area contributed by atoms with Gasteiger partial charge in [0.05, 0.1) is 13.2 Å². The van der Waals surface area contributed by atoms with Gasteiger partial charge in [0, 0.05) is 12.3 Å². The molecule has 6 heteroatoms. The van der Waals surface area contributed by atoms with Crippen LogP contribution in [0, 0.1) is 28.1 Å². The maximum Gasteiger partial charge on any atom is 0.303 e. The number of ether oxygens (including phenoxy) is 3. The molecule has 3 aliphatic carbocycles. The lowest BCUT2D eigenvalue weighted by Gasteiger charge is -2.58. The minimum Gasteiger partial charge on any atom is -0.454 e. The molecular weight excluding hydrogens is 420 g/mol. The van der Waals surface area contributed by atoms with E-state index in [0.717, 1.165) is 19.3 Å². The molecule has 0 unspecified atom stereocenters. The van der Waals surface area contributed by atoms with Gasteiger partial charge >= 0.3 is 5.97 Å². The molecule has 0 aromatic rings. The van der Waals surface area contributed by atoms with E-state index in [4.69, 9.17) is 14.2 Å². The van der Waals surface area contributed by atoms with Crippen molar-refractivity contribution < 1.29 is 29.2 Å². The van der Waals surface area contributed by atoms with Gasteiger partial charge in [-0.3, -0.25) is 4.79 Å². The normalized spacial score (nSPS) is 47.3. The Hall–Kier alpha value is -1.21. The maximum atomic E-state index is 11.6. The summed E-state index contributed by atoms with van der Waals surface area (Å²) in [6.45, 7) is 12.6. The smallest absolute Gasteiger partial charge is 0.303 e. The topological polar surface area (TPSA) is 85.2 Å². The zero-order chi connectivity index (χ0) is 24.0. The molecule has 0 bridgehead atoms. The SMILES string of the molecule is C=C[C@@]1(C)CC[C@@]2(C)[C@@H](CC=C3[C@@H]2CCC[C@]3(C)CO[C@@H]2O[C@@H](CO)[C@H](O)[C@H]2OC(C)=O)C1. The molecule has 1 heterocycles. The Kier molecular flexibility index (Phi) is 6.87. The lowest BCUT2D eigenvalue weighted by atomic mass is 9.47. The van der Waals surface area contributed by atoms with Crippen LogP contribution in [-0.2, 0) is 19.0 Å². The molecule has 2 N–H and O–H groups in total. The Morgan fingerprint density at radius 1 is 1.30 bits per heavy atom. The van der Waals surface area contributed by atoms with Crippen LogP contribution in [0.15, 0.2) is 24.3 Å². The van der Waals surface area contributed by atoms with E-state index >= 15 is 0 Å². The zero-order valence-corrected chi connectivity index (χ0v) is 20.7. The average molecular weight is 463 g/mol. The summed E-state index contributed by atoms with van der Waals surface area (Å²) in [5.41, 5.74) is 1.93. The summed E-state index contributed by atoms with van der Waals surface area (Å²) >= 11 is 0. The average Bonchev–Trinajstić information content (AvgIpc) is 3.07. The van der Waals surface area contributed by atoms with Gasteiger partial charge in [0.2, 0.25) is 0 Å². The molecule has 0 aromatic heterocycles. The number of rotatable bonds is 6. The van der Waals surface area contributed by atoms with Gasteiger partial charge in [0.15, 0.2) is 12.4 Å². The lowest BCUT2D eigenvalue weighted by Crippen LogP contribution is -2.50. The predicted molar refractivity (Wildman–Crippen MR) is 125 cm³/mol. The number of fused-ring (bicyclic) bond motifs is 3. The van der Waals surface area contributed by atoms with Gasteiger partial charge in [-0.2, -0.15) is 0 Å². The van der Waals surface area contributed by atoms with Crippen LogP contribution in [0.25, 0.3) is 0 Å². The van der Waals surface area contributed by atoms with Crippen molar-refractivity contribution in [3.8, 4) is 0 Å². The molecule has 4 aliphatic rings. The molecule has 1 aliphatic heterocycles. The minimum absolute atomic E-state index is 0.123. The summed E-state index contributed by atoms with van der Waals surface area (Å²) in [4.78, 5) is 11.6. The van der Waals surface area contributed by atoms with Crippen molar-refractivity contribution >= 4 is 5.97 Å². The molecule has 6 nitrogen and oxygen atoms in total. The Labute approximate surface area is 198 Å². The van der Waals surface area contributed by atoms with Crippen LogP contribution in [0.5, 0.6) is 0 Å². The minimum atomic E-state index is -1.11. The van der Waals surface area contributed by atoms with Gasteiger partial charge < -0.3 is 24.4 Å². The van der Waals surface area contributed by atoms with E-state index in [9.17, 15) is 15.0 Å². The first kappa shape index (κ1) is 24.9. The molecule has 0 spiro atoms. The highest BCUT2D eigenvalue weighted by Crippen LogP contribution is 2.63.